The van der Waals surface area contributed by atoms with Gasteiger partial charge < -0.3 is 20.4 Å². The van der Waals surface area contributed by atoms with Crippen LogP contribution in [0.25, 0.3) is 0 Å². The largest absolute Gasteiger partial charge is 0.393 e. The average molecular weight is 199 g/mol. The Balaban J connectivity index is 4.09. The molecule has 0 bridgehead atoms. The summed E-state index contributed by atoms with van der Waals surface area (Å²) in [6.45, 7) is -0.787. The van der Waals surface area contributed by atoms with E-state index in [2.05, 4.69) is 0 Å². The molecule has 0 rings (SSSR count). The number of aliphatic hydroxyl groups is 4. The first-order valence-electron chi connectivity index (χ1n) is 3.29. The average Bonchev–Trinajstić information content (AvgIpc) is 2.12. The van der Waals surface area contributed by atoms with Crippen molar-refractivity contribution in [2.75, 3.05) is 12.5 Å². The Kier molecular flexibility index (Phi) is 5.36. The second-order valence-electron chi connectivity index (χ2n) is 2.27. The molecule has 6 heteroatoms. The van der Waals surface area contributed by atoms with Crippen molar-refractivity contribution in [2.24, 2.45) is 0 Å². The summed E-state index contributed by atoms with van der Waals surface area (Å²) in [5.74, 6) is -1.35. The number of halogens is 1. The molecular formula is C6H11ClO5. The number of rotatable bonds is 5. The number of carbonyl (C=O) groups excluding carboxylic acids is 1. The molecule has 0 aliphatic heterocycles. The van der Waals surface area contributed by atoms with Crippen LogP contribution in [0.5, 0.6) is 0 Å². The number of ketones is 1. The van der Waals surface area contributed by atoms with Crippen LogP contribution in [0, 0.1) is 0 Å². The summed E-state index contributed by atoms with van der Waals surface area (Å²) in [5, 5.41) is 34.8. The molecule has 0 aromatic carbocycles. The van der Waals surface area contributed by atoms with E-state index in [1.54, 1.807) is 0 Å². The van der Waals surface area contributed by atoms with Crippen molar-refractivity contribution in [3.8, 4) is 0 Å². The topological polar surface area (TPSA) is 98.0 Å². The zero-order valence-electron chi connectivity index (χ0n) is 6.22. The second-order valence-corrected chi connectivity index (χ2v) is 2.58. The van der Waals surface area contributed by atoms with Gasteiger partial charge in [-0.15, -0.1) is 11.6 Å². The first kappa shape index (κ1) is 11.8. The van der Waals surface area contributed by atoms with Crippen LogP contribution in [-0.4, -0.2) is 57.0 Å². The maximum absolute atomic E-state index is 10.8. The van der Waals surface area contributed by atoms with Crippen LogP contribution >= 0.6 is 11.6 Å². The third kappa shape index (κ3) is 3.04. The molecule has 72 valence electrons. The molecule has 0 aromatic heterocycles. The van der Waals surface area contributed by atoms with Crippen molar-refractivity contribution >= 4 is 17.4 Å². The van der Waals surface area contributed by atoms with Gasteiger partial charge in [0.2, 0.25) is 0 Å². The van der Waals surface area contributed by atoms with Crippen molar-refractivity contribution in [1.29, 1.82) is 0 Å². The fourth-order valence-corrected chi connectivity index (χ4v) is 0.730. The summed E-state index contributed by atoms with van der Waals surface area (Å²) in [5.41, 5.74) is 0. The number of alkyl halides is 1. The van der Waals surface area contributed by atoms with E-state index in [0.29, 0.717) is 0 Å². The maximum atomic E-state index is 10.8. The van der Waals surface area contributed by atoms with Gasteiger partial charge in [-0.2, -0.15) is 0 Å². The summed E-state index contributed by atoms with van der Waals surface area (Å²) in [7, 11) is 0. The fourth-order valence-electron chi connectivity index (χ4n) is 0.561. The molecular weight excluding hydrogens is 188 g/mol. The monoisotopic (exact) mass is 198 g/mol. The highest BCUT2D eigenvalue weighted by Crippen LogP contribution is 2.00. The smallest absolute Gasteiger partial charge is 0.194 e. The molecule has 0 heterocycles. The van der Waals surface area contributed by atoms with Gasteiger partial charge in [-0.25, -0.2) is 0 Å². The van der Waals surface area contributed by atoms with Crippen molar-refractivity contribution in [1.82, 2.24) is 0 Å². The Morgan fingerprint density at radius 2 is 1.83 bits per heavy atom. The lowest BCUT2D eigenvalue weighted by molar-refractivity contribution is -0.142. The normalized spacial score (nSPS) is 18.4. The molecule has 0 aliphatic rings. The Hall–Kier alpha value is -0.200. The summed E-state index contributed by atoms with van der Waals surface area (Å²) in [6, 6.07) is 0. The molecule has 0 spiro atoms. The van der Waals surface area contributed by atoms with E-state index in [1.165, 1.54) is 0 Å². The lowest BCUT2D eigenvalue weighted by Crippen LogP contribution is -2.42. The predicted molar refractivity (Wildman–Crippen MR) is 40.8 cm³/mol. The number of carbonyl (C=O) groups is 1. The van der Waals surface area contributed by atoms with E-state index < -0.39 is 30.7 Å². The minimum Gasteiger partial charge on any atom is -0.393 e. The lowest BCUT2D eigenvalue weighted by atomic mass is 10.1. The van der Waals surface area contributed by atoms with E-state index >= 15 is 0 Å². The molecule has 0 radical (unpaired) electrons. The van der Waals surface area contributed by atoms with Gasteiger partial charge in [-0.05, 0) is 0 Å². The summed E-state index contributed by atoms with van der Waals surface area (Å²) >= 11 is 5.13. The van der Waals surface area contributed by atoms with Gasteiger partial charge in [-0.1, -0.05) is 0 Å². The quantitative estimate of drug-likeness (QED) is 0.379. The fraction of sp³-hybridized carbons (Fsp3) is 0.833. The van der Waals surface area contributed by atoms with Gasteiger partial charge >= 0.3 is 0 Å². The van der Waals surface area contributed by atoms with Crippen LogP contribution in [-0.2, 0) is 4.79 Å². The highest BCUT2D eigenvalue weighted by Gasteiger charge is 2.28. The number of Topliss-reactive ketones (excluding diaryl/α,β-unsaturated/α-hetero) is 1. The van der Waals surface area contributed by atoms with Crippen molar-refractivity contribution in [2.45, 2.75) is 18.3 Å². The third-order valence-electron chi connectivity index (χ3n) is 1.32. The summed E-state index contributed by atoms with van der Waals surface area (Å²) in [4.78, 5) is 10.8. The molecule has 12 heavy (non-hydrogen) atoms. The molecule has 3 atom stereocenters. The van der Waals surface area contributed by atoms with E-state index in [9.17, 15) is 4.79 Å². The van der Waals surface area contributed by atoms with Crippen LogP contribution < -0.4 is 0 Å². The van der Waals surface area contributed by atoms with Gasteiger partial charge in [0.05, 0.1) is 12.5 Å². The molecule has 0 saturated heterocycles. The maximum Gasteiger partial charge on any atom is 0.194 e. The Labute approximate surface area is 74.2 Å². The Morgan fingerprint density at radius 1 is 1.33 bits per heavy atom. The molecule has 4 N–H and O–H groups in total. The molecule has 0 amide bonds. The second kappa shape index (κ2) is 5.45. The van der Waals surface area contributed by atoms with E-state index in [4.69, 9.17) is 32.0 Å². The first-order valence-corrected chi connectivity index (χ1v) is 3.82. The predicted octanol–water partition coefficient (Wildman–Crippen LogP) is -2.13. The lowest BCUT2D eigenvalue weighted by Gasteiger charge is -2.16. The van der Waals surface area contributed by atoms with Crippen LogP contribution in [0.2, 0.25) is 0 Å². The standard InChI is InChI=1S/C6H11ClO5/c7-1-3(9)5(11)6(12)4(10)2-8/h3-5,8-11H,1-2H2/t3-,4+,5+/m1/s1. The highest BCUT2D eigenvalue weighted by atomic mass is 35.5. The molecule has 0 fully saturated rings. The minimum atomic E-state index is -1.75. The molecule has 5 nitrogen and oxygen atoms in total. The number of hydrogen-bond donors (Lipinski definition) is 4. The number of aliphatic hydroxyl groups excluding tert-OH is 4. The van der Waals surface area contributed by atoms with Crippen LogP contribution in [0.15, 0.2) is 0 Å². The zero-order valence-corrected chi connectivity index (χ0v) is 6.98. The van der Waals surface area contributed by atoms with Gasteiger partial charge in [0.25, 0.3) is 0 Å². The van der Waals surface area contributed by atoms with Gasteiger partial charge in [-0.3, -0.25) is 4.79 Å². The van der Waals surface area contributed by atoms with Crippen molar-refractivity contribution in [3.05, 3.63) is 0 Å². The molecule has 0 unspecified atom stereocenters. The first-order chi connectivity index (χ1) is 5.54. The summed E-state index contributed by atoms with van der Waals surface area (Å²) < 4.78 is 0. The van der Waals surface area contributed by atoms with Crippen LogP contribution in [0.1, 0.15) is 0 Å². The van der Waals surface area contributed by atoms with Gasteiger partial charge in [0.15, 0.2) is 5.78 Å². The minimum absolute atomic E-state index is 0.314. The van der Waals surface area contributed by atoms with Crippen molar-refractivity contribution < 1.29 is 25.2 Å². The summed E-state index contributed by atoms with van der Waals surface area (Å²) in [6.07, 6.45) is -4.83. The molecule has 0 aromatic rings. The van der Waals surface area contributed by atoms with Crippen LogP contribution in [0.3, 0.4) is 0 Å². The van der Waals surface area contributed by atoms with Gasteiger partial charge in [0, 0.05) is 0 Å². The van der Waals surface area contributed by atoms with E-state index in [-0.39, 0.29) is 5.88 Å². The Bertz CT molecular complexity index is 151. The zero-order chi connectivity index (χ0) is 9.72. The van der Waals surface area contributed by atoms with Crippen LogP contribution in [0.4, 0.5) is 0 Å². The van der Waals surface area contributed by atoms with E-state index in [0.717, 1.165) is 0 Å². The molecule has 0 aliphatic carbocycles. The van der Waals surface area contributed by atoms with Crippen molar-refractivity contribution in [3.63, 3.8) is 0 Å². The van der Waals surface area contributed by atoms with E-state index in [1.807, 2.05) is 0 Å². The molecule has 0 saturated carbocycles. The van der Waals surface area contributed by atoms with Gasteiger partial charge in [0.1, 0.15) is 18.3 Å². The number of hydrogen-bond acceptors (Lipinski definition) is 5. The third-order valence-corrected chi connectivity index (χ3v) is 1.63. The SMILES string of the molecule is O=C([C@@H](O)[C@H](O)CCl)[C@@H](O)CO. The highest BCUT2D eigenvalue weighted by molar-refractivity contribution is 6.18. The Morgan fingerprint density at radius 3 is 2.17 bits per heavy atom.